The molecule has 0 bridgehead atoms. The van der Waals surface area contributed by atoms with Gasteiger partial charge in [-0.25, -0.2) is 0 Å². The highest BCUT2D eigenvalue weighted by Gasteiger charge is 2.43. The SMILES string of the molecule is NC(O)C(CO)(CCc1ccc(OCCCCCOc2ccccc2)cc1)NC(CO)(CO)CCc1ccc(OCCCCOc2ccccc2)cc1. The van der Waals surface area contributed by atoms with E-state index in [0.717, 1.165) is 66.2 Å². The second kappa shape index (κ2) is 22.8. The predicted molar refractivity (Wildman–Crippen MR) is 208 cm³/mol. The van der Waals surface area contributed by atoms with Crippen molar-refractivity contribution in [3.05, 3.63) is 120 Å². The van der Waals surface area contributed by atoms with Gasteiger partial charge in [0.05, 0.1) is 57.3 Å². The van der Waals surface area contributed by atoms with E-state index < -0.39 is 37.1 Å². The van der Waals surface area contributed by atoms with E-state index >= 15 is 0 Å². The highest BCUT2D eigenvalue weighted by molar-refractivity contribution is 5.29. The quantitative estimate of drug-likeness (QED) is 0.0345. The molecule has 2 atom stereocenters. The molecule has 10 nitrogen and oxygen atoms in total. The third-order valence-corrected chi connectivity index (χ3v) is 9.46. The van der Waals surface area contributed by atoms with Crippen molar-refractivity contribution >= 4 is 0 Å². The van der Waals surface area contributed by atoms with Crippen LogP contribution < -0.4 is 30.0 Å². The van der Waals surface area contributed by atoms with Crippen LogP contribution in [0.4, 0.5) is 0 Å². The first-order valence-electron chi connectivity index (χ1n) is 18.7. The van der Waals surface area contributed by atoms with Gasteiger partial charge < -0.3 is 45.1 Å². The van der Waals surface area contributed by atoms with Crippen LogP contribution in [0.2, 0.25) is 0 Å². The van der Waals surface area contributed by atoms with Crippen LogP contribution in [0, 0.1) is 0 Å². The number of unbranched alkanes of at least 4 members (excludes halogenated alkanes) is 3. The lowest BCUT2D eigenvalue weighted by Crippen LogP contribution is -2.70. The van der Waals surface area contributed by atoms with Gasteiger partial charge in [-0.15, -0.1) is 0 Å². The van der Waals surface area contributed by atoms with Gasteiger partial charge in [0, 0.05) is 0 Å². The molecule has 0 aromatic heterocycles. The molecule has 4 aromatic rings. The molecular weight excluding hydrogens is 672 g/mol. The van der Waals surface area contributed by atoms with Crippen molar-refractivity contribution in [2.24, 2.45) is 5.73 Å². The van der Waals surface area contributed by atoms with E-state index in [-0.39, 0.29) is 6.42 Å². The summed E-state index contributed by atoms with van der Waals surface area (Å²) in [7, 11) is 0. The largest absolute Gasteiger partial charge is 0.494 e. The molecule has 0 fully saturated rings. The Balaban J connectivity index is 1.19. The average molecular weight is 731 g/mol. The van der Waals surface area contributed by atoms with Crippen molar-refractivity contribution < 1.29 is 39.4 Å². The normalized spacial score (nSPS) is 13.2. The summed E-state index contributed by atoms with van der Waals surface area (Å²) in [6, 6.07) is 35.0. The van der Waals surface area contributed by atoms with Gasteiger partial charge in [-0.3, -0.25) is 5.32 Å². The molecule has 288 valence electrons. The fourth-order valence-electron chi connectivity index (χ4n) is 6.01. The molecule has 0 aliphatic carbocycles. The van der Waals surface area contributed by atoms with E-state index in [4.69, 9.17) is 24.7 Å². The van der Waals surface area contributed by atoms with Crippen molar-refractivity contribution in [1.29, 1.82) is 0 Å². The maximum Gasteiger partial charge on any atom is 0.123 e. The first kappa shape index (κ1) is 41.6. The second-order valence-electron chi connectivity index (χ2n) is 13.6. The zero-order valence-electron chi connectivity index (χ0n) is 30.8. The topological polar surface area (TPSA) is 156 Å². The van der Waals surface area contributed by atoms with Crippen molar-refractivity contribution in [3.63, 3.8) is 0 Å². The summed E-state index contributed by atoms with van der Waals surface area (Å²) in [5.74, 6) is 3.28. The van der Waals surface area contributed by atoms with E-state index in [2.05, 4.69) is 5.32 Å². The molecule has 53 heavy (non-hydrogen) atoms. The lowest BCUT2D eigenvalue weighted by Gasteiger charge is -2.44. The number of benzene rings is 4. The minimum absolute atomic E-state index is 0.262. The number of aliphatic hydroxyl groups is 4. The van der Waals surface area contributed by atoms with E-state index in [9.17, 15) is 20.4 Å². The van der Waals surface area contributed by atoms with Gasteiger partial charge in [0.1, 0.15) is 29.2 Å². The van der Waals surface area contributed by atoms with Crippen molar-refractivity contribution in [2.75, 3.05) is 46.2 Å². The summed E-state index contributed by atoms with van der Waals surface area (Å²) in [5.41, 5.74) is 5.44. The highest BCUT2D eigenvalue weighted by Crippen LogP contribution is 2.26. The van der Waals surface area contributed by atoms with Gasteiger partial charge in [0.25, 0.3) is 0 Å². The molecule has 0 radical (unpaired) electrons. The molecule has 4 rings (SSSR count). The molecule has 10 heteroatoms. The molecule has 0 aliphatic rings. The molecule has 7 N–H and O–H groups in total. The number of aliphatic hydroxyl groups excluding tert-OH is 4. The van der Waals surface area contributed by atoms with Gasteiger partial charge in [0.2, 0.25) is 0 Å². The molecular formula is C43H58N2O8. The summed E-state index contributed by atoms with van der Waals surface area (Å²) in [6.07, 6.45) is 4.77. The minimum atomic E-state index is -1.45. The lowest BCUT2D eigenvalue weighted by molar-refractivity contribution is -0.0308. The van der Waals surface area contributed by atoms with E-state index in [1.54, 1.807) is 0 Å². The van der Waals surface area contributed by atoms with Crippen LogP contribution in [0.1, 0.15) is 56.1 Å². The Bertz CT molecular complexity index is 1520. The summed E-state index contributed by atoms with van der Waals surface area (Å²) < 4.78 is 23.3. The number of nitrogens with two attached hydrogens (primary N) is 1. The minimum Gasteiger partial charge on any atom is -0.494 e. The Morgan fingerprint density at radius 2 is 0.868 bits per heavy atom. The van der Waals surface area contributed by atoms with Crippen LogP contribution in [-0.4, -0.2) is 84.0 Å². The number of para-hydroxylation sites is 2. The summed E-state index contributed by atoms with van der Waals surface area (Å²) in [6.45, 7) is 1.17. The Morgan fingerprint density at radius 1 is 0.491 bits per heavy atom. The monoisotopic (exact) mass is 730 g/mol. The van der Waals surface area contributed by atoms with E-state index in [1.165, 1.54) is 0 Å². The maximum atomic E-state index is 10.7. The van der Waals surface area contributed by atoms with Crippen molar-refractivity contribution in [1.82, 2.24) is 5.32 Å². The van der Waals surface area contributed by atoms with Gasteiger partial charge >= 0.3 is 0 Å². The third-order valence-electron chi connectivity index (χ3n) is 9.46. The number of rotatable bonds is 27. The molecule has 0 spiro atoms. The van der Waals surface area contributed by atoms with Gasteiger partial charge in [0.15, 0.2) is 0 Å². The van der Waals surface area contributed by atoms with Gasteiger partial charge in [-0.1, -0.05) is 60.7 Å². The maximum absolute atomic E-state index is 10.7. The van der Waals surface area contributed by atoms with Crippen LogP contribution in [0.15, 0.2) is 109 Å². The Morgan fingerprint density at radius 3 is 1.25 bits per heavy atom. The average Bonchev–Trinajstić information content (AvgIpc) is 3.20. The van der Waals surface area contributed by atoms with E-state index in [0.29, 0.717) is 45.7 Å². The Labute approximate surface area is 314 Å². The smallest absolute Gasteiger partial charge is 0.123 e. The number of ether oxygens (including phenoxy) is 4. The fraction of sp³-hybridized carbons (Fsp3) is 0.442. The first-order chi connectivity index (χ1) is 25.9. The zero-order chi connectivity index (χ0) is 37.6. The first-order valence-corrected chi connectivity index (χ1v) is 18.7. The van der Waals surface area contributed by atoms with Crippen molar-refractivity contribution in [3.8, 4) is 23.0 Å². The van der Waals surface area contributed by atoms with Gasteiger partial charge in [-0.2, -0.15) is 0 Å². The number of nitrogens with one attached hydrogen (secondary N) is 1. The molecule has 0 amide bonds. The number of hydrogen-bond donors (Lipinski definition) is 6. The fourth-order valence-corrected chi connectivity index (χ4v) is 6.01. The lowest BCUT2D eigenvalue weighted by atomic mass is 9.84. The Hall–Kier alpha value is -4.16. The summed E-state index contributed by atoms with van der Waals surface area (Å²) in [4.78, 5) is 0. The molecule has 0 saturated carbocycles. The van der Waals surface area contributed by atoms with Crippen LogP contribution >= 0.6 is 0 Å². The molecule has 4 aromatic carbocycles. The summed E-state index contributed by atoms with van der Waals surface area (Å²) >= 11 is 0. The standard InChI is InChI=1S/C43H58N2O8/c44-41(49)43(34-48,27-25-36-18-22-39(23-19-36)52-29-9-3-8-28-50-37-12-4-1-5-13-37)45-42(32-46,33-47)26-24-35-16-20-40(21-17-35)53-31-11-10-30-51-38-14-6-2-7-15-38/h1-2,4-7,12-23,41,45-49H,3,8-11,24-34,44H2. The predicted octanol–water partition coefficient (Wildman–Crippen LogP) is 5.44. The molecule has 0 heterocycles. The zero-order valence-corrected chi connectivity index (χ0v) is 30.8. The summed E-state index contributed by atoms with van der Waals surface area (Å²) in [5, 5.41) is 45.4. The number of aryl methyl sites for hydroxylation is 2. The molecule has 2 unspecified atom stereocenters. The molecule has 0 saturated heterocycles. The van der Waals surface area contributed by atoms with E-state index in [1.807, 2.05) is 109 Å². The van der Waals surface area contributed by atoms with Crippen LogP contribution in [0.25, 0.3) is 0 Å². The second-order valence-corrected chi connectivity index (χ2v) is 13.6. The van der Waals surface area contributed by atoms with Crippen molar-refractivity contribution in [2.45, 2.75) is 75.1 Å². The van der Waals surface area contributed by atoms with Gasteiger partial charge in [-0.05, 0) is 117 Å². The third kappa shape index (κ3) is 14.3. The highest BCUT2D eigenvalue weighted by atomic mass is 16.5. The van der Waals surface area contributed by atoms with Crippen LogP contribution in [-0.2, 0) is 12.8 Å². The molecule has 0 aliphatic heterocycles. The van der Waals surface area contributed by atoms with Crippen LogP contribution in [0.5, 0.6) is 23.0 Å². The Kier molecular flexibility index (Phi) is 17.9. The van der Waals surface area contributed by atoms with Crippen LogP contribution in [0.3, 0.4) is 0 Å². The number of hydrogen-bond acceptors (Lipinski definition) is 10.